The Labute approximate surface area is 105 Å². The van der Waals surface area contributed by atoms with Crippen molar-refractivity contribution in [3.05, 3.63) is 21.9 Å². The van der Waals surface area contributed by atoms with Gasteiger partial charge in [-0.1, -0.05) is 0 Å². The molecule has 17 heavy (non-hydrogen) atoms. The highest BCUT2D eigenvalue weighted by Gasteiger charge is 2.21. The van der Waals surface area contributed by atoms with Gasteiger partial charge in [0.25, 0.3) is 0 Å². The largest absolute Gasteiger partial charge is 0.297 e. The van der Waals surface area contributed by atoms with E-state index in [1.807, 2.05) is 11.4 Å². The molecule has 0 atom stereocenters. The van der Waals surface area contributed by atoms with E-state index in [1.54, 1.807) is 6.92 Å². The van der Waals surface area contributed by atoms with Gasteiger partial charge in [0, 0.05) is 19.6 Å². The number of rotatable bonds is 3. The third-order valence-electron chi connectivity index (χ3n) is 2.84. The van der Waals surface area contributed by atoms with Crippen LogP contribution in [0.5, 0.6) is 0 Å². The lowest BCUT2D eigenvalue weighted by atomic mass is 10.2. The van der Waals surface area contributed by atoms with E-state index in [4.69, 9.17) is 0 Å². The summed E-state index contributed by atoms with van der Waals surface area (Å²) in [7, 11) is -2.81. The summed E-state index contributed by atoms with van der Waals surface area (Å²) in [6.45, 7) is 3.48. The second-order valence-corrected chi connectivity index (χ2v) is 7.52. The van der Waals surface area contributed by atoms with Gasteiger partial charge in [-0.15, -0.1) is 11.3 Å². The van der Waals surface area contributed by atoms with E-state index in [-0.39, 0.29) is 17.3 Å². The van der Waals surface area contributed by atoms with Crippen LogP contribution in [0.15, 0.2) is 11.4 Å². The van der Waals surface area contributed by atoms with E-state index >= 15 is 0 Å². The van der Waals surface area contributed by atoms with Crippen molar-refractivity contribution in [1.82, 2.24) is 4.90 Å². The maximum atomic E-state index is 11.3. The molecule has 0 aromatic carbocycles. The molecule has 0 radical (unpaired) electrons. The molecule has 1 aliphatic heterocycles. The van der Waals surface area contributed by atoms with Crippen molar-refractivity contribution >= 4 is 27.0 Å². The van der Waals surface area contributed by atoms with Gasteiger partial charge >= 0.3 is 0 Å². The molecule has 0 unspecified atom stereocenters. The normalized spacial score (nSPS) is 20.3. The van der Waals surface area contributed by atoms with Crippen molar-refractivity contribution in [2.45, 2.75) is 13.5 Å². The van der Waals surface area contributed by atoms with E-state index in [2.05, 4.69) is 4.90 Å². The zero-order valence-electron chi connectivity index (χ0n) is 9.68. The first kappa shape index (κ1) is 12.7. The zero-order valence-corrected chi connectivity index (χ0v) is 11.3. The Hall–Kier alpha value is -0.720. The van der Waals surface area contributed by atoms with Crippen molar-refractivity contribution in [2.75, 3.05) is 24.6 Å². The topological polar surface area (TPSA) is 54.5 Å². The fourth-order valence-corrected chi connectivity index (χ4v) is 3.89. The van der Waals surface area contributed by atoms with Crippen LogP contribution in [0.1, 0.15) is 22.2 Å². The number of hydrogen-bond acceptors (Lipinski definition) is 5. The highest BCUT2D eigenvalue weighted by molar-refractivity contribution is 7.91. The summed E-state index contributed by atoms with van der Waals surface area (Å²) in [4.78, 5) is 14.0. The molecule has 0 amide bonds. The molecule has 0 bridgehead atoms. The Balaban J connectivity index is 1.95. The van der Waals surface area contributed by atoms with Gasteiger partial charge in [-0.25, -0.2) is 8.42 Å². The molecule has 1 saturated heterocycles. The summed E-state index contributed by atoms with van der Waals surface area (Å²) in [5.74, 6) is 0.579. The Morgan fingerprint density at radius 2 is 2.06 bits per heavy atom. The van der Waals surface area contributed by atoms with Gasteiger partial charge in [0.1, 0.15) is 0 Å². The minimum Gasteiger partial charge on any atom is -0.297 e. The quantitative estimate of drug-likeness (QED) is 0.776. The summed E-state index contributed by atoms with van der Waals surface area (Å²) >= 11 is 1.45. The fourth-order valence-electron chi connectivity index (χ4n) is 1.81. The third-order valence-corrected chi connectivity index (χ3v) is 5.53. The Kier molecular flexibility index (Phi) is 3.65. The lowest BCUT2D eigenvalue weighted by molar-refractivity contribution is 0.102. The van der Waals surface area contributed by atoms with Crippen molar-refractivity contribution < 1.29 is 13.2 Å². The number of carbonyl (C=O) groups is 1. The Morgan fingerprint density at radius 3 is 2.59 bits per heavy atom. The predicted molar refractivity (Wildman–Crippen MR) is 68.3 cm³/mol. The van der Waals surface area contributed by atoms with Gasteiger partial charge < -0.3 is 0 Å². The number of sulfone groups is 1. The Bertz CT molecular complexity index is 505. The number of carbonyl (C=O) groups excluding carboxylic acids is 1. The van der Waals surface area contributed by atoms with Crippen LogP contribution < -0.4 is 0 Å². The average molecular weight is 273 g/mol. The van der Waals surface area contributed by atoms with Crippen LogP contribution in [0.3, 0.4) is 0 Å². The van der Waals surface area contributed by atoms with Crippen LogP contribution in [0.25, 0.3) is 0 Å². The maximum Gasteiger partial charge on any atom is 0.169 e. The summed E-state index contributed by atoms with van der Waals surface area (Å²) in [5.41, 5.74) is 1.10. The van der Waals surface area contributed by atoms with Gasteiger partial charge in [-0.3, -0.25) is 9.69 Å². The summed E-state index contributed by atoms with van der Waals surface area (Å²) in [5, 5.41) is 1.97. The van der Waals surface area contributed by atoms with Gasteiger partial charge in [0.2, 0.25) is 0 Å². The summed E-state index contributed by atoms with van der Waals surface area (Å²) in [6.07, 6.45) is 0. The minimum atomic E-state index is -2.81. The molecular formula is C11H15NO3S2. The molecule has 2 rings (SSSR count). The first-order valence-electron chi connectivity index (χ1n) is 5.47. The van der Waals surface area contributed by atoms with E-state index < -0.39 is 9.84 Å². The van der Waals surface area contributed by atoms with Crippen LogP contribution in [-0.2, 0) is 16.4 Å². The van der Waals surface area contributed by atoms with Crippen LogP contribution in [0.4, 0.5) is 0 Å². The molecule has 1 fully saturated rings. The molecule has 4 nitrogen and oxygen atoms in total. The lowest BCUT2D eigenvalue weighted by Gasteiger charge is -2.25. The summed E-state index contributed by atoms with van der Waals surface area (Å²) < 4.78 is 22.5. The number of hydrogen-bond donors (Lipinski definition) is 0. The Morgan fingerprint density at radius 1 is 1.41 bits per heavy atom. The van der Waals surface area contributed by atoms with E-state index in [0.29, 0.717) is 13.1 Å². The molecule has 1 aliphatic rings. The first-order chi connectivity index (χ1) is 7.96. The summed E-state index contributed by atoms with van der Waals surface area (Å²) in [6, 6.07) is 1.90. The van der Waals surface area contributed by atoms with Crippen molar-refractivity contribution in [3.63, 3.8) is 0 Å². The molecule has 1 aromatic heterocycles. The third kappa shape index (κ3) is 3.37. The van der Waals surface area contributed by atoms with Crippen LogP contribution >= 0.6 is 11.3 Å². The second-order valence-electron chi connectivity index (χ2n) is 4.30. The zero-order chi connectivity index (χ0) is 12.5. The molecule has 94 valence electrons. The van der Waals surface area contributed by atoms with Gasteiger partial charge in [0.15, 0.2) is 15.6 Å². The van der Waals surface area contributed by atoms with Gasteiger partial charge in [-0.2, -0.15) is 0 Å². The molecular weight excluding hydrogens is 258 g/mol. The van der Waals surface area contributed by atoms with Gasteiger partial charge in [-0.05, 0) is 23.9 Å². The number of nitrogens with zero attached hydrogens (tertiary/aromatic N) is 1. The number of thiophene rings is 1. The highest BCUT2D eigenvalue weighted by atomic mass is 32.2. The molecule has 0 aliphatic carbocycles. The number of ketones is 1. The van der Waals surface area contributed by atoms with Gasteiger partial charge in [0.05, 0.1) is 16.4 Å². The molecule has 1 aromatic rings. The van der Waals surface area contributed by atoms with Crippen LogP contribution in [0.2, 0.25) is 0 Å². The second kappa shape index (κ2) is 4.88. The molecule has 0 spiro atoms. The number of Topliss-reactive ketones (excluding diaryl/α,β-unsaturated/α-hetero) is 1. The average Bonchev–Trinajstić information content (AvgIpc) is 2.70. The van der Waals surface area contributed by atoms with E-state index in [1.165, 1.54) is 11.3 Å². The molecule has 6 heteroatoms. The minimum absolute atomic E-state index is 0.0856. The van der Waals surface area contributed by atoms with E-state index in [9.17, 15) is 13.2 Å². The molecule has 0 saturated carbocycles. The fraction of sp³-hybridized carbons (Fsp3) is 0.545. The van der Waals surface area contributed by atoms with Crippen molar-refractivity contribution in [3.8, 4) is 0 Å². The standard InChI is InChI=1S/C11H15NO3S2/c1-9(13)11-6-10(8-16-11)7-12-2-4-17(14,15)5-3-12/h6,8H,2-5,7H2,1H3. The van der Waals surface area contributed by atoms with Crippen LogP contribution in [-0.4, -0.2) is 43.7 Å². The predicted octanol–water partition coefficient (Wildman–Crippen LogP) is 1.18. The van der Waals surface area contributed by atoms with Crippen molar-refractivity contribution in [2.24, 2.45) is 0 Å². The van der Waals surface area contributed by atoms with Crippen LogP contribution in [0, 0.1) is 0 Å². The highest BCUT2D eigenvalue weighted by Crippen LogP contribution is 2.18. The monoisotopic (exact) mass is 273 g/mol. The van der Waals surface area contributed by atoms with Crippen molar-refractivity contribution in [1.29, 1.82) is 0 Å². The van der Waals surface area contributed by atoms with E-state index in [0.717, 1.165) is 17.0 Å². The maximum absolute atomic E-state index is 11.3. The molecule has 2 heterocycles. The SMILES string of the molecule is CC(=O)c1cc(CN2CCS(=O)(=O)CC2)cs1. The first-order valence-corrected chi connectivity index (χ1v) is 8.17. The smallest absolute Gasteiger partial charge is 0.169 e. The molecule has 0 N–H and O–H groups in total. The lowest BCUT2D eigenvalue weighted by Crippen LogP contribution is -2.39.